The standard InChI is InChI=1S/C16H14N4O2/c21-20(22)14-6-7-15(19-11-14)17-10-8-13-4-1-3-12-5-2-9-18-16(12)13/h1-7,9,11H,8,10H2,(H,17,19). The van der Waals surface area contributed by atoms with E-state index in [1.54, 1.807) is 12.3 Å². The van der Waals surface area contributed by atoms with E-state index in [-0.39, 0.29) is 5.69 Å². The molecule has 0 spiro atoms. The third-order valence-corrected chi connectivity index (χ3v) is 3.38. The zero-order valence-electron chi connectivity index (χ0n) is 11.8. The van der Waals surface area contributed by atoms with E-state index >= 15 is 0 Å². The number of aromatic nitrogens is 2. The van der Waals surface area contributed by atoms with Gasteiger partial charge in [-0.3, -0.25) is 15.1 Å². The Morgan fingerprint density at radius 3 is 2.73 bits per heavy atom. The zero-order chi connectivity index (χ0) is 15.4. The van der Waals surface area contributed by atoms with Crippen molar-refractivity contribution in [2.24, 2.45) is 0 Å². The van der Waals surface area contributed by atoms with E-state index in [1.807, 2.05) is 24.3 Å². The molecular formula is C16H14N4O2. The number of para-hydroxylation sites is 1. The van der Waals surface area contributed by atoms with Crippen molar-refractivity contribution in [3.8, 4) is 0 Å². The summed E-state index contributed by atoms with van der Waals surface area (Å²) in [6, 6.07) is 13.1. The fraction of sp³-hybridized carbons (Fsp3) is 0.125. The number of fused-ring (bicyclic) bond motifs is 1. The van der Waals surface area contributed by atoms with Crippen molar-refractivity contribution < 1.29 is 4.92 Å². The number of pyridine rings is 2. The van der Waals surface area contributed by atoms with Crippen molar-refractivity contribution >= 4 is 22.4 Å². The van der Waals surface area contributed by atoms with Gasteiger partial charge in [-0.15, -0.1) is 0 Å². The van der Waals surface area contributed by atoms with Crippen LogP contribution in [0, 0.1) is 10.1 Å². The van der Waals surface area contributed by atoms with E-state index in [0.717, 1.165) is 22.9 Å². The van der Waals surface area contributed by atoms with Crippen LogP contribution in [0.2, 0.25) is 0 Å². The smallest absolute Gasteiger partial charge is 0.287 e. The molecule has 0 saturated carbocycles. The fourth-order valence-corrected chi connectivity index (χ4v) is 2.29. The van der Waals surface area contributed by atoms with Gasteiger partial charge in [-0.1, -0.05) is 24.3 Å². The Balaban J connectivity index is 1.66. The Labute approximate surface area is 127 Å². The molecule has 3 aromatic rings. The van der Waals surface area contributed by atoms with Crippen LogP contribution >= 0.6 is 0 Å². The minimum Gasteiger partial charge on any atom is -0.370 e. The van der Waals surface area contributed by atoms with Gasteiger partial charge in [0.1, 0.15) is 12.0 Å². The largest absolute Gasteiger partial charge is 0.370 e. The van der Waals surface area contributed by atoms with Crippen molar-refractivity contribution in [1.82, 2.24) is 9.97 Å². The second-order valence-electron chi connectivity index (χ2n) is 4.83. The van der Waals surface area contributed by atoms with Crippen LogP contribution in [0.4, 0.5) is 11.5 Å². The van der Waals surface area contributed by atoms with Gasteiger partial charge in [0.15, 0.2) is 0 Å². The molecule has 0 fully saturated rings. The molecule has 22 heavy (non-hydrogen) atoms. The number of nitro groups is 1. The summed E-state index contributed by atoms with van der Waals surface area (Å²) >= 11 is 0. The molecule has 110 valence electrons. The summed E-state index contributed by atoms with van der Waals surface area (Å²) in [7, 11) is 0. The third-order valence-electron chi connectivity index (χ3n) is 3.38. The Morgan fingerprint density at radius 2 is 1.95 bits per heavy atom. The molecule has 1 aromatic carbocycles. The van der Waals surface area contributed by atoms with Crippen LogP contribution in [0.25, 0.3) is 10.9 Å². The SMILES string of the molecule is O=[N+]([O-])c1ccc(NCCc2cccc3cccnc23)nc1. The van der Waals surface area contributed by atoms with Gasteiger partial charge in [0.05, 0.1) is 10.4 Å². The average Bonchev–Trinajstić information content (AvgIpc) is 2.55. The maximum atomic E-state index is 10.6. The molecule has 2 aromatic heterocycles. The van der Waals surface area contributed by atoms with E-state index in [9.17, 15) is 10.1 Å². The summed E-state index contributed by atoms with van der Waals surface area (Å²) in [5, 5.41) is 14.9. The summed E-state index contributed by atoms with van der Waals surface area (Å²) < 4.78 is 0. The van der Waals surface area contributed by atoms with Crippen LogP contribution in [0.15, 0.2) is 54.9 Å². The zero-order valence-corrected chi connectivity index (χ0v) is 11.8. The molecule has 0 bridgehead atoms. The Bertz CT molecular complexity index is 797. The highest BCUT2D eigenvalue weighted by Gasteiger charge is 2.05. The van der Waals surface area contributed by atoms with Crippen LogP contribution < -0.4 is 5.32 Å². The second kappa shape index (κ2) is 6.17. The molecular weight excluding hydrogens is 280 g/mol. The van der Waals surface area contributed by atoms with Gasteiger partial charge in [-0.05, 0) is 24.1 Å². The molecule has 3 rings (SSSR count). The summed E-state index contributed by atoms with van der Waals surface area (Å²) in [4.78, 5) is 18.6. The number of nitrogens with one attached hydrogen (secondary N) is 1. The summed E-state index contributed by atoms with van der Waals surface area (Å²) in [6.45, 7) is 0.681. The molecule has 0 radical (unpaired) electrons. The first-order valence-electron chi connectivity index (χ1n) is 6.91. The predicted octanol–water partition coefficient (Wildman–Crippen LogP) is 3.19. The van der Waals surface area contributed by atoms with Gasteiger partial charge >= 0.3 is 0 Å². The van der Waals surface area contributed by atoms with Gasteiger partial charge in [-0.2, -0.15) is 0 Å². The van der Waals surface area contributed by atoms with E-state index in [4.69, 9.17) is 0 Å². The van der Waals surface area contributed by atoms with Crippen LogP contribution in [0.5, 0.6) is 0 Å². The highest BCUT2D eigenvalue weighted by Crippen LogP contribution is 2.17. The van der Waals surface area contributed by atoms with E-state index in [1.165, 1.54) is 12.3 Å². The quantitative estimate of drug-likeness (QED) is 0.577. The van der Waals surface area contributed by atoms with E-state index < -0.39 is 4.92 Å². The molecule has 0 unspecified atom stereocenters. The molecule has 6 nitrogen and oxygen atoms in total. The lowest BCUT2D eigenvalue weighted by Gasteiger charge is -2.07. The van der Waals surface area contributed by atoms with Gasteiger partial charge < -0.3 is 5.32 Å². The van der Waals surface area contributed by atoms with Gasteiger partial charge in [0.25, 0.3) is 5.69 Å². The Hall–Kier alpha value is -3.02. The minimum absolute atomic E-state index is 0.0104. The van der Waals surface area contributed by atoms with Crippen molar-refractivity contribution in [1.29, 1.82) is 0 Å². The summed E-state index contributed by atoms with van der Waals surface area (Å²) in [5.41, 5.74) is 2.15. The highest BCUT2D eigenvalue weighted by atomic mass is 16.6. The highest BCUT2D eigenvalue weighted by molar-refractivity contribution is 5.81. The Morgan fingerprint density at radius 1 is 1.09 bits per heavy atom. The van der Waals surface area contributed by atoms with E-state index in [0.29, 0.717) is 12.4 Å². The second-order valence-corrected chi connectivity index (χ2v) is 4.83. The first kappa shape index (κ1) is 13.9. The predicted molar refractivity (Wildman–Crippen MR) is 84.8 cm³/mol. The number of nitrogens with zero attached hydrogens (tertiary/aromatic N) is 3. The third kappa shape index (κ3) is 3.01. The molecule has 6 heteroatoms. The number of hydrogen-bond donors (Lipinski definition) is 1. The lowest BCUT2D eigenvalue weighted by atomic mass is 10.1. The van der Waals surface area contributed by atoms with Gasteiger partial charge in [-0.25, -0.2) is 4.98 Å². The number of anilines is 1. The van der Waals surface area contributed by atoms with Crippen molar-refractivity contribution in [2.75, 3.05) is 11.9 Å². The summed E-state index contributed by atoms with van der Waals surface area (Å²) in [6.07, 6.45) is 3.84. The van der Waals surface area contributed by atoms with E-state index in [2.05, 4.69) is 21.4 Å². The topological polar surface area (TPSA) is 81.0 Å². The first-order chi connectivity index (χ1) is 10.7. The van der Waals surface area contributed by atoms with Crippen LogP contribution in [-0.4, -0.2) is 21.4 Å². The molecule has 0 amide bonds. The van der Waals surface area contributed by atoms with Crippen LogP contribution in [-0.2, 0) is 6.42 Å². The minimum atomic E-state index is -0.460. The fourth-order valence-electron chi connectivity index (χ4n) is 2.29. The molecule has 0 atom stereocenters. The molecule has 0 aliphatic rings. The van der Waals surface area contributed by atoms with Crippen molar-refractivity contribution in [3.05, 3.63) is 70.5 Å². The normalized spacial score (nSPS) is 10.5. The molecule has 1 N–H and O–H groups in total. The lowest BCUT2D eigenvalue weighted by Crippen LogP contribution is -2.07. The molecule has 0 aliphatic heterocycles. The van der Waals surface area contributed by atoms with Crippen molar-refractivity contribution in [2.45, 2.75) is 6.42 Å². The summed E-state index contributed by atoms with van der Waals surface area (Å²) in [5.74, 6) is 0.624. The first-order valence-corrected chi connectivity index (χ1v) is 6.91. The number of benzene rings is 1. The molecule has 0 aliphatic carbocycles. The number of rotatable bonds is 5. The Kier molecular flexibility index (Phi) is 3.91. The number of hydrogen-bond acceptors (Lipinski definition) is 5. The van der Waals surface area contributed by atoms with Gasteiger partial charge in [0, 0.05) is 24.2 Å². The van der Waals surface area contributed by atoms with Crippen LogP contribution in [0.1, 0.15) is 5.56 Å². The monoisotopic (exact) mass is 294 g/mol. The maximum Gasteiger partial charge on any atom is 0.287 e. The molecule has 2 heterocycles. The van der Waals surface area contributed by atoms with Crippen molar-refractivity contribution in [3.63, 3.8) is 0 Å². The maximum absolute atomic E-state index is 10.6. The lowest BCUT2D eigenvalue weighted by molar-refractivity contribution is -0.385. The average molecular weight is 294 g/mol. The van der Waals surface area contributed by atoms with Gasteiger partial charge in [0.2, 0.25) is 0 Å². The molecule has 0 saturated heterocycles. The van der Waals surface area contributed by atoms with Crippen LogP contribution in [0.3, 0.4) is 0 Å².